The minimum absolute atomic E-state index is 0.377. The summed E-state index contributed by atoms with van der Waals surface area (Å²) in [7, 11) is 4.27. The number of carbonyl (C=O) groups is 1. The van der Waals surface area contributed by atoms with Crippen molar-refractivity contribution in [3.63, 3.8) is 0 Å². The fourth-order valence-electron chi connectivity index (χ4n) is 1.85. The first kappa shape index (κ1) is 14.3. The minimum atomic E-state index is -1.36. The predicted octanol–water partition coefficient (Wildman–Crippen LogP) is 1.47. The number of rotatable bonds is 5. The number of benzene rings is 1. The highest BCUT2D eigenvalue weighted by Crippen LogP contribution is 2.36. The Morgan fingerprint density at radius 2 is 1.94 bits per heavy atom. The van der Waals surface area contributed by atoms with Gasteiger partial charge in [-0.25, -0.2) is 4.79 Å². The van der Waals surface area contributed by atoms with Gasteiger partial charge in [0.15, 0.2) is 6.10 Å². The minimum Gasteiger partial charge on any atom is -0.496 e. The van der Waals surface area contributed by atoms with Crippen LogP contribution in [0.15, 0.2) is 12.1 Å². The van der Waals surface area contributed by atoms with Crippen molar-refractivity contribution in [1.29, 1.82) is 0 Å². The van der Waals surface area contributed by atoms with Crippen LogP contribution in [-0.2, 0) is 16.0 Å². The fourth-order valence-corrected chi connectivity index (χ4v) is 1.85. The number of carbonyl (C=O) groups excluding carboxylic acids is 1. The van der Waals surface area contributed by atoms with E-state index in [2.05, 4.69) is 4.74 Å². The lowest BCUT2D eigenvalue weighted by Crippen LogP contribution is -2.15. The number of ether oxygens (including phenoxy) is 3. The number of esters is 1. The molecule has 1 N–H and O–H groups in total. The van der Waals surface area contributed by atoms with Crippen molar-refractivity contribution in [1.82, 2.24) is 0 Å². The lowest BCUT2D eigenvalue weighted by Gasteiger charge is -2.18. The first-order valence-electron chi connectivity index (χ1n) is 5.60. The molecule has 18 heavy (non-hydrogen) atoms. The molecule has 0 saturated carbocycles. The molecule has 1 unspecified atom stereocenters. The molecular formula is C13H18O5. The van der Waals surface area contributed by atoms with Crippen LogP contribution in [0.4, 0.5) is 0 Å². The molecule has 0 heterocycles. The molecule has 5 heteroatoms. The molecule has 1 atom stereocenters. The van der Waals surface area contributed by atoms with E-state index in [1.807, 2.05) is 6.92 Å². The Morgan fingerprint density at radius 1 is 1.28 bits per heavy atom. The van der Waals surface area contributed by atoms with E-state index in [0.29, 0.717) is 23.5 Å². The fraction of sp³-hybridized carbons (Fsp3) is 0.462. The van der Waals surface area contributed by atoms with Crippen LogP contribution in [0.3, 0.4) is 0 Å². The van der Waals surface area contributed by atoms with Crippen LogP contribution in [0.25, 0.3) is 0 Å². The molecule has 1 aromatic rings. The van der Waals surface area contributed by atoms with E-state index in [-0.39, 0.29) is 0 Å². The first-order chi connectivity index (χ1) is 8.60. The van der Waals surface area contributed by atoms with Gasteiger partial charge < -0.3 is 19.3 Å². The third-order valence-corrected chi connectivity index (χ3v) is 2.74. The van der Waals surface area contributed by atoms with Gasteiger partial charge in [-0.2, -0.15) is 0 Å². The SMILES string of the molecule is CCc1c(OC)ccc(C(O)C(=O)OC)c1OC. The van der Waals surface area contributed by atoms with Gasteiger partial charge in [-0.05, 0) is 18.6 Å². The van der Waals surface area contributed by atoms with E-state index in [1.165, 1.54) is 14.2 Å². The second-order valence-electron chi connectivity index (χ2n) is 3.65. The zero-order valence-electron chi connectivity index (χ0n) is 11.0. The van der Waals surface area contributed by atoms with Crippen LogP contribution >= 0.6 is 0 Å². The molecule has 0 radical (unpaired) electrons. The van der Waals surface area contributed by atoms with Gasteiger partial charge in [-0.3, -0.25) is 0 Å². The van der Waals surface area contributed by atoms with Gasteiger partial charge in [0.25, 0.3) is 0 Å². The Kier molecular flexibility index (Phi) is 4.97. The summed E-state index contributed by atoms with van der Waals surface area (Å²) in [4.78, 5) is 11.4. The zero-order chi connectivity index (χ0) is 13.7. The second-order valence-corrected chi connectivity index (χ2v) is 3.65. The van der Waals surface area contributed by atoms with Crippen molar-refractivity contribution in [2.24, 2.45) is 0 Å². The largest absolute Gasteiger partial charge is 0.496 e. The van der Waals surface area contributed by atoms with Crippen LogP contribution in [0, 0.1) is 0 Å². The number of methoxy groups -OCH3 is 3. The third kappa shape index (κ3) is 2.56. The number of hydrogen-bond donors (Lipinski definition) is 1. The average Bonchev–Trinajstić information content (AvgIpc) is 2.43. The highest BCUT2D eigenvalue weighted by atomic mass is 16.5. The third-order valence-electron chi connectivity index (χ3n) is 2.74. The number of aliphatic hydroxyl groups is 1. The van der Waals surface area contributed by atoms with Crippen LogP contribution in [0.2, 0.25) is 0 Å². The van der Waals surface area contributed by atoms with Crippen LogP contribution < -0.4 is 9.47 Å². The summed E-state index contributed by atoms with van der Waals surface area (Å²) in [5, 5.41) is 9.89. The highest BCUT2D eigenvalue weighted by molar-refractivity contribution is 5.77. The van der Waals surface area contributed by atoms with E-state index >= 15 is 0 Å². The molecule has 1 rings (SSSR count). The van der Waals surface area contributed by atoms with E-state index in [0.717, 1.165) is 5.56 Å². The maximum absolute atomic E-state index is 11.4. The molecule has 0 spiro atoms. The summed E-state index contributed by atoms with van der Waals surface area (Å²) in [6, 6.07) is 3.29. The van der Waals surface area contributed by atoms with Crippen LogP contribution in [0.1, 0.15) is 24.2 Å². The summed E-state index contributed by atoms with van der Waals surface area (Å²) in [6.45, 7) is 1.94. The Hall–Kier alpha value is -1.75. The highest BCUT2D eigenvalue weighted by Gasteiger charge is 2.24. The summed E-state index contributed by atoms with van der Waals surface area (Å²) in [5.41, 5.74) is 1.18. The molecule has 0 aromatic heterocycles. The van der Waals surface area contributed by atoms with Gasteiger partial charge in [-0.15, -0.1) is 0 Å². The summed E-state index contributed by atoms with van der Waals surface area (Å²) < 4.78 is 15.0. The van der Waals surface area contributed by atoms with Gasteiger partial charge in [0.05, 0.1) is 21.3 Å². The Morgan fingerprint density at radius 3 is 2.39 bits per heavy atom. The second kappa shape index (κ2) is 6.26. The maximum atomic E-state index is 11.4. The van der Waals surface area contributed by atoms with Gasteiger partial charge >= 0.3 is 5.97 Å². The monoisotopic (exact) mass is 254 g/mol. The van der Waals surface area contributed by atoms with E-state index in [9.17, 15) is 9.90 Å². The van der Waals surface area contributed by atoms with Crippen molar-refractivity contribution < 1.29 is 24.1 Å². The number of aliphatic hydroxyl groups excluding tert-OH is 1. The number of hydrogen-bond acceptors (Lipinski definition) is 5. The smallest absolute Gasteiger partial charge is 0.339 e. The predicted molar refractivity (Wildman–Crippen MR) is 65.9 cm³/mol. The molecule has 0 aliphatic heterocycles. The lowest BCUT2D eigenvalue weighted by atomic mass is 10.0. The molecule has 5 nitrogen and oxygen atoms in total. The molecule has 100 valence electrons. The molecule has 0 fully saturated rings. The molecular weight excluding hydrogens is 236 g/mol. The molecule has 0 aliphatic carbocycles. The van der Waals surface area contributed by atoms with Crippen molar-refractivity contribution in [2.75, 3.05) is 21.3 Å². The topological polar surface area (TPSA) is 65.0 Å². The van der Waals surface area contributed by atoms with Gasteiger partial charge in [0.1, 0.15) is 11.5 Å². The Balaban J connectivity index is 3.33. The van der Waals surface area contributed by atoms with Gasteiger partial charge in [0, 0.05) is 11.1 Å². The van der Waals surface area contributed by atoms with E-state index in [4.69, 9.17) is 9.47 Å². The summed E-state index contributed by atoms with van der Waals surface area (Å²) in [5.74, 6) is 0.394. The average molecular weight is 254 g/mol. The first-order valence-corrected chi connectivity index (χ1v) is 5.60. The van der Waals surface area contributed by atoms with E-state index in [1.54, 1.807) is 19.2 Å². The normalized spacial score (nSPS) is 11.8. The zero-order valence-corrected chi connectivity index (χ0v) is 11.0. The lowest BCUT2D eigenvalue weighted by molar-refractivity contribution is -0.150. The Bertz CT molecular complexity index is 428. The van der Waals surface area contributed by atoms with Crippen LogP contribution in [-0.4, -0.2) is 32.4 Å². The summed E-state index contributed by atoms with van der Waals surface area (Å²) >= 11 is 0. The van der Waals surface area contributed by atoms with Crippen molar-refractivity contribution in [2.45, 2.75) is 19.4 Å². The molecule has 0 saturated heterocycles. The molecule has 0 amide bonds. The van der Waals surface area contributed by atoms with Gasteiger partial charge in [-0.1, -0.05) is 6.92 Å². The Labute approximate surface area is 106 Å². The summed E-state index contributed by atoms with van der Waals surface area (Å²) in [6.07, 6.45) is -0.699. The van der Waals surface area contributed by atoms with Crippen LogP contribution in [0.5, 0.6) is 11.5 Å². The molecule has 1 aromatic carbocycles. The van der Waals surface area contributed by atoms with Crippen molar-refractivity contribution >= 4 is 5.97 Å². The van der Waals surface area contributed by atoms with Gasteiger partial charge in [0.2, 0.25) is 0 Å². The standard InChI is InChI=1S/C13H18O5/c1-5-8-10(16-2)7-6-9(12(8)17-3)11(14)13(15)18-4/h6-7,11,14H,5H2,1-4H3. The quantitative estimate of drug-likeness (QED) is 0.806. The van der Waals surface area contributed by atoms with Crippen molar-refractivity contribution in [3.05, 3.63) is 23.3 Å². The molecule has 0 bridgehead atoms. The maximum Gasteiger partial charge on any atom is 0.339 e. The van der Waals surface area contributed by atoms with E-state index < -0.39 is 12.1 Å². The molecule has 0 aliphatic rings. The van der Waals surface area contributed by atoms with Crippen molar-refractivity contribution in [3.8, 4) is 11.5 Å².